The second-order valence-corrected chi connectivity index (χ2v) is 4.43. The summed E-state index contributed by atoms with van der Waals surface area (Å²) in [6.07, 6.45) is 6.00. The van der Waals surface area contributed by atoms with Crippen molar-refractivity contribution in [1.29, 1.82) is 0 Å². The number of rotatable bonds is 6. The second-order valence-electron chi connectivity index (χ2n) is 4.43. The first-order valence-corrected chi connectivity index (χ1v) is 6.65. The maximum Gasteiger partial charge on any atom is 0.192 e. The standard InChI is InChI=1S/C14H21N3O2.HI/c1-2-7-15-14(16-10-12-5-3-8-18-12)17-11-13-6-4-9-19-13;/h2-3,5,8,13H,1,4,6-7,9-11H2,(H2,15,16,17);1H. The summed E-state index contributed by atoms with van der Waals surface area (Å²) in [6.45, 7) is 6.53. The van der Waals surface area contributed by atoms with Gasteiger partial charge >= 0.3 is 0 Å². The van der Waals surface area contributed by atoms with Crippen LogP contribution in [0.15, 0.2) is 40.5 Å². The van der Waals surface area contributed by atoms with Crippen LogP contribution < -0.4 is 10.6 Å². The molecule has 0 amide bonds. The third-order valence-corrected chi connectivity index (χ3v) is 2.91. The second kappa shape index (κ2) is 9.82. The van der Waals surface area contributed by atoms with E-state index in [1.54, 1.807) is 12.3 Å². The molecule has 0 aromatic carbocycles. The Morgan fingerprint density at radius 1 is 1.50 bits per heavy atom. The van der Waals surface area contributed by atoms with Crippen LogP contribution in [-0.4, -0.2) is 31.8 Å². The zero-order chi connectivity index (χ0) is 13.3. The molecule has 1 aliphatic rings. The molecule has 1 aromatic heterocycles. The normalized spacial score (nSPS) is 18.4. The predicted molar refractivity (Wildman–Crippen MR) is 90.4 cm³/mol. The van der Waals surface area contributed by atoms with E-state index in [4.69, 9.17) is 9.15 Å². The molecule has 6 heteroatoms. The zero-order valence-corrected chi connectivity index (χ0v) is 13.8. The third kappa shape index (κ3) is 5.96. The molecule has 1 unspecified atom stereocenters. The fourth-order valence-electron chi connectivity index (χ4n) is 1.92. The quantitative estimate of drug-likeness (QED) is 0.338. The Balaban J connectivity index is 0.00000200. The van der Waals surface area contributed by atoms with Crippen LogP contribution in [0.4, 0.5) is 0 Å². The number of hydrogen-bond donors (Lipinski definition) is 2. The van der Waals surface area contributed by atoms with Gasteiger partial charge in [-0.25, -0.2) is 4.99 Å². The molecule has 5 nitrogen and oxygen atoms in total. The number of guanidine groups is 1. The zero-order valence-electron chi connectivity index (χ0n) is 11.5. The van der Waals surface area contributed by atoms with Gasteiger partial charge in [0.1, 0.15) is 12.3 Å². The van der Waals surface area contributed by atoms with Crippen LogP contribution >= 0.6 is 24.0 Å². The summed E-state index contributed by atoms with van der Waals surface area (Å²) in [6, 6.07) is 3.77. The number of hydrogen-bond acceptors (Lipinski definition) is 3. The van der Waals surface area contributed by atoms with Crippen LogP contribution in [0, 0.1) is 0 Å². The van der Waals surface area contributed by atoms with Gasteiger partial charge in [-0.1, -0.05) is 6.08 Å². The summed E-state index contributed by atoms with van der Waals surface area (Å²) in [5.74, 6) is 1.60. The SMILES string of the molecule is C=CCNC(=NCc1ccco1)NCC1CCCO1.I. The fraction of sp³-hybridized carbons (Fsp3) is 0.500. The summed E-state index contributed by atoms with van der Waals surface area (Å²) in [5.41, 5.74) is 0. The Morgan fingerprint density at radius 3 is 3.05 bits per heavy atom. The molecular weight excluding hydrogens is 369 g/mol. The van der Waals surface area contributed by atoms with Crippen molar-refractivity contribution in [3.05, 3.63) is 36.8 Å². The minimum atomic E-state index is 0. The predicted octanol–water partition coefficient (Wildman–Crippen LogP) is 2.30. The maximum absolute atomic E-state index is 5.57. The molecule has 112 valence electrons. The largest absolute Gasteiger partial charge is 0.467 e. The van der Waals surface area contributed by atoms with E-state index in [1.807, 2.05) is 12.1 Å². The number of aliphatic imine (C=N–C) groups is 1. The van der Waals surface area contributed by atoms with E-state index in [9.17, 15) is 0 Å². The summed E-state index contributed by atoms with van der Waals surface area (Å²) >= 11 is 0. The molecule has 2 rings (SSSR count). The first-order chi connectivity index (χ1) is 9.38. The van der Waals surface area contributed by atoms with Crippen molar-refractivity contribution >= 4 is 29.9 Å². The average molecular weight is 391 g/mol. The van der Waals surface area contributed by atoms with Crippen LogP contribution in [-0.2, 0) is 11.3 Å². The molecule has 20 heavy (non-hydrogen) atoms. The van der Waals surface area contributed by atoms with Gasteiger partial charge in [0.25, 0.3) is 0 Å². The summed E-state index contributed by atoms with van der Waals surface area (Å²) < 4.78 is 10.8. The van der Waals surface area contributed by atoms with Gasteiger partial charge in [0, 0.05) is 19.7 Å². The number of ether oxygens (including phenoxy) is 1. The molecule has 1 fully saturated rings. The van der Waals surface area contributed by atoms with Gasteiger partial charge in [0.05, 0.1) is 12.4 Å². The van der Waals surface area contributed by atoms with Gasteiger partial charge in [-0.15, -0.1) is 30.6 Å². The monoisotopic (exact) mass is 391 g/mol. The molecule has 2 heterocycles. The Labute approximate surface area is 136 Å². The average Bonchev–Trinajstić information content (AvgIpc) is 3.11. The molecule has 0 bridgehead atoms. The number of furan rings is 1. The number of nitrogens with one attached hydrogen (secondary N) is 2. The summed E-state index contributed by atoms with van der Waals surface area (Å²) in [5, 5.41) is 6.46. The van der Waals surface area contributed by atoms with Crippen molar-refractivity contribution in [3.8, 4) is 0 Å². The fourth-order valence-corrected chi connectivity index (χ4v) is 1.92. The van der Waals surface area contributed by atoms with Gasteiger partial charge in [-0.05, 0) is 25.0 Å². The van der Waals surface area contributed by atoms with E-state index in [-0.39, 0.29) is 24.0 Å². The summed E-state index contributed by atoms with van der Waals surface area (Å²) in [7, 11) is 0. The highest BCUT2D eigenvalue weighted by atomic mass is 127. The lowest BCUT2D eigenvalue weighted by atomic mass is 10.2. The van der Waals surface area contributed by atoms with Crippen LogP contribution in [0.5, 0.6) is 0 Å². The van der Waals surface area contributed by atoms with E-state index in [0.717, 1.165) is 37.7 Å². The summed E-state index contributed by atoms with van der Waals surface area (Å²) in [4.78, 5) is 4.46. The van der Waals surface area contributed by atoms with E-state index >= 15 is 0 Å². The van der Waals surface area contributed by atoms with E-state index in [2.05, 4.69) is 22.2 Å². The Kier molecular flexibility index (Phi) is 8.36. The molecule has 0 spiro atoms. The van der Waals surface area contributed by atoms with Gasteiger partial charge in [0.2, 0.25) is 0 Å². The topological polar surface area (TPSA) is 58.8 Å². The lowest BCUT2D eigenvalue weighted by Gasteiger charge is -2.14. The minimum Gasteiger partial charge on any atom is -0.467 e. The van der Waals surface area contributed by atoms with Crippen molar-refractivity contribution in [1.82, 2.24) is 10.6 Å². The van der Waals surface area contributed by atoms with Gasteiger partial charge in [-0.3, -0.25) is 0 Å². The molecule has 0 radical (unpaired) electrons. The maximum atomic E-state index is 5.57. The third-order valence-electron chi connectivity index (χ3n) is 2.91. The van der Waals surface area contributed by atoms with E-state index in [0.29, 0.717) is 19.2 Å². The molecule has 2 N–H and O–H groups in total. The lowest BCUT2D eigenvalue weighted by Crippen LogP contribution is -2.41. The van der Waals surface area contributed by atoms with Crippen molar-refractivity contribution in [2.45, 2.75) is 25.5 Å². The molecule has 1 saturated heterocycles. The molecule has 0 saturated carbocycles. The molecular formula is C14H22IN3O2. The van der Waals surface area contributed by atoms with Crippen LogP contribution in [0.1, 0.15) is 18.6 Å². The molecule has 0 aliphatic carbocycles. The molecule has 1 atom stereocenters. The van der Waals surface area contributed by atoms with Crippen molar-refractivity contribution < 1.29 is 9.15 Å². The highest BCUT2D eigenvalue weighted by Gasteiger charge is 2.15. The van der Waals surface area contributed by atoms with E-state index < -0.39 is 0 Å². The highest BCUT2D eigenvalue weighted by Crippen LogP contribution is 2.10. The van der Waals surface area contributed by atoms with Gasteiger partial charge in [-0.2, -0.15) is 0 Å². The Hall–Kier alpha value is -1.02. The van der Waals surface area contributed by atoms with Crippen molar-refractivity contribution in [3.63, 3.8) is 0 Å². The Bertz CT molecular complexity index is 401. The lowest BCUT2D eigenvalue weighted by molar-refractivity contribution is 0.114. The minimum absolute atomic E-state index is 0. The van der Waals surface area contributed by atoms with Gasteiger partial charge in [0.15, 0.2) is 5.96 Å². The van der Waals surface area contributed by atoms with Crippen molar-refractivity contribution in [2.24, 2.45) is 4.99 Å². The number of nitrogens with zero attached hydrogens (tertiary/aromatic N) is 1. The smallest absolute Gasteiger partial charge is 0.192 e. The van der Waals surface area contributed by atoms with Crippen LogP contribution in [0.25, 0.3) is 0 Å². The van der Waals surface area contributed by atoms with E-state index in [1.165, 1.54) is 0 Å². The highest BCUT2D eigenvalue weighted by molar-refractivity contribution is 14.0. The first-order valence-electron chi connectivity index (χ1n) is 6.65. The first kappa shape index (κ1) is 17.0. The number of halogens is 1. The Morgan fingerprint density at radius 2 is 2.40 bits per heavy atom. The van der Waals surface area contributed by atoms with Crippen LogP contribution in [0.3, 0.4) is 0 Å². The van der Waals surface area contributed by atoms with Gasteiger partial charge < -0.3 is 19.8 Å². The molecule has 1 aliphatic heterocycles. The van der Waals surface area contributed by atoms with Crippen LogP contribution in [0.2, 0.25) is 0 Å². The van der Waals surface area contributed by atoms with Crippen molar-refractivity contribution in [2.75, 3.05) is 19.7 Å². The molecule has 1 aromatic rings.